The third-order valence-corrected chi connectivity index (χ3v) is 3.54. The zero-order chi connectivity index (χ0) is 13.4. The molecular formula is C15H14N4O. The van der Waals surface area contributed by atoms with Gasteiger partial charge in [0, 0.05) is 42.3 Å². The van der Waals surface area contributed by atoms with E-state index in [0.717, 1.165) is 22.8 Å². The Hall–Kier alpha value is -2.43. The van der Waals surface area contributed by atoms with E-state index in [0.29, 0.717) is 12.5 Å². The summed E-state index contributed by atoms with van der Waals surface area (Å²) in [7, 11) is 0. The molecule has 5 nitrogen and oxygen atoms in total. The van der Waals surface area contributed by atoms with E-state index in [1.54, 1.807) is 18.6 Å². The topological polar surface area (TPSA) is 56.7 Å². The number of pyridine rings is 1. The summed E-state index contributed by atoms with van der Waals surface area (Å²) in [6, 6.07) is 5.97. The molecule has 0 aromatic carbocycles. The predicted octanol–water partition coefficient (Wildman–Crippen LogP) is 2.86. The second kappa shape index (κ2) is 4.59. The van der Waals surface area contributed by atoms with Gasteiger partial charge in [0.2, 0.25) is 0 Å². The summed E-state index contributed by atoms with van der Waals surface area (Å²) < 4.78 is 7.46. The van der Waals surface area contributed by atoms with Crippen molar-refractivity contribution < 1.29 is 4.52 Å². The number of imidazole rings is 1. The maximum atomic E-state index is 5.39. The van der Waals surface area contributed by atoms with Crippen molar-refractivity contribution in [1.82, 2.24) is 19.7 Å². The third kappa shape index (κ3) is 2.11. The quantitative estimate of drug-likeness (QED) is 0.728. The predicted molar refractivity (Wildman–Crippen MR) is 73.0 cm³/mol. The number of hydrogen-bond donors (Lipinski definition) is 0. The van der Waals surface area contributed by atoms with E-state index in [9.17, 15) is 0 Å². The van der Waals surface area contributed by atoms with Gasteiger partial charge in [-0.25, -0.2) is 4.98 Å². The SMILES string of the molecule is c1cc(-c2nccn2Cc2cc(C3CC3)on2)ccn1. The van der Waals surface area contributed by atoms with Crippen LogP contribution in [0.3, 0.4) is 0 Å². The van der Waals surface area contributed by atoms with Gasteiger partial charge in [0.05, 0.1) is 6.54 Å². The van der Waals surface area contributed by atoms with Crippen LogP contribution >= 0.6 is 0 Å². The molecule has 1 aliphatic rings. The Morgan fingerprint density at radius 2 is 2.05 bits per heavy atom. The standard InChI is InChI=1S/C15H14N4O/c1-2-11(1)14-9-13(18-20-14)10-19-8-7-17-15(19)12-3-5-16-6-4-12/h3-9,11H,1-2,10H2. The van der Waals surface area contributed by atoms with Crippen LogP contribution in [-0.4, -0.2) is 19.7 Å². The van der Waals surface area contributed by atoms with Crippen molar-refractivity contribution >= 4 is 0 Å². The second-order valence-electron chi connectivity index (χ2n) is 5.11. The summed E-state index contributed by atoms with van der Waals surface area (Å²) in [5.41, 5.74) is 2.00. The number of rotatable bonds is 4. The first-order valence-electron chi connectivity index (χ1n) is 6.77. The normalized spacial score (nSPS) is 14.6. The molecule has 0 atom stereocenters. The highest BCUT2D eigenvalue weighted by Gasteiger charge is 2.27. The van der Waals surface area contributed by atoms with Gasteiger partial charge in [0.25, 0.3) is 0 Å². The van der Waals surface area contributed by atoms with Crippen molar-refractivity contribution in [3.05, 3.63) is 54.4 Å². The fourth-order valence-electron chi connectivity index (χ4n) is 2.34. The molecule has 3 aromatic heterocycles. The minimum absolute atomic E-state index is 0.596. The molecule has 20 heavy (non-hydrogen) atoms. The number of aromatic nitrogens is 4. The molecule has 1 fully saturated rings. The fourth-order valence-corrected chi connectivity index (χ4v) is 2.34. The molecule has 0 unspecified atom stereocenters. The molecule has 0 aliphatic heterocycles. The second-order valence-corrected chi connectivity index (χ2v) is 5.11. The van der Waals surface area contributed by atoms with E-state index in [2.05, 4.69) is 25.8 Å². The Morgan fingerprint density at radius 1 is 1.20 bits per heavy atom. The van der Waals surface area contributed by atoms with Gasteiger partial charge in [-0.1, -0.05) is 5.16 Å². The van der Waals surface area contributed by atoms with Crippen LogP contribution in [0.2, 0.25) is 0 Å². The summed E-state index contributed by atoms with van der Waals surface area (Å²) in [6.07, 6.45) is 9.76. The molecule has 0 bridgehead atoms. The van der Waals surface area contributed by atoms with Crippen molar-refractivity contribution in [2.24, 2.45) is 0 Å². The van der Waals surface area contributed by atoms with Gasteiger partial charge in [0.15, 0.2) is 0 Å². The molecule has 0 saturated heterocycles. The minimum atomic E-state index is 0.596. The lowest BCUT2D eigenvalue weighted by molar-refractivity contribution is 0.377. The first kappa shape index (κ1) is 11.4. The van der Waals surface area contributed by atoms with Gasteiger partial charge >= 0.3 is 0 Å². The van der Waals surface area contributed by atoms with Crippen LogP contribution in [0.15, 0.2) is 47.5 Å². The van der Waals surface area contributed by atoms with E-state index >= 15 is 0 Å². The Morgan fingerprint density at radius 3 is 2.85 bits per heavy atom. The van der Waals surface area contributed by atoms with Gasteiger partial charge in [-0.3, -0.25) is 4.98 Å². The maximum absolute atomic E-state index is 5.39. The smallest absolute Gasteiger partial charge is 0.140 e. The van der Waals surface area contributed by atoms with E-state index in [4.69, 9.17) is 4.52 Å². The van der Waals surface area contributed by atoms with Gasteiger partial charge in [-0.2, -0.15) is 0 Å². The third-order valence-electron chi connectivity index (χ3n) is 3.54. The Kier molecular flexibility index (Phi) is 2.62. The Labute approximate surface area is 116 Å². The molecule has 3 aromatic rings. The zero-order valence-corrected chi connectivity index (χ0v) is 10.9. The lowest BCUT2D eigenvalue weighted by Crippen LogP contribution is -2.01. The summed E-state index contributed by atoms with van der Waals surface area (Å²) in [5, 5.41) is 4.15. The van der Waals surface area contributed by atoms with Crippen LogP contribution in [0.4, 0.5) is 0 Å². The molecule has 0 radical (unpaired) electrons. The van der Waals surface area contributed by atoms with Crippen molar-refractivity contribution in [2.45, 2.75) is 25.3 Å². The van der Waals surface area contributed by atoms with E-state index in [1.165, 1.54) is 12.8 Å². The summed E-state index contributed by atoms with van der Waals surface area (Å²) in [6.45, 7) is 0.674. The molecule has 0 amide bonds. The average molecular weight is 266 g/mol. The molecule has 0 N–H and O–H groups in total. The molecular weight excluding hydrogens is 252 g/mol. The van der Waals surface area contributed by atoms with Crippen LogP contribution in [0.5, 0.6) is 0 Å². The number of nitrogens with zero attached hydrogens (tertiary/aromatic N) is 4. The van der Waals surface area contributed by atoms with E-state index < -0.39 is 0 Å². The highest BCUT2D eigenvalue weighted by molar-refractivity contribution is 5.54. The van der Waals surface area contributed by atoms with Crippen LogP contribution < -0.4 is 0 Å². The van der Waals surface area contributed by atoms with Crippen molar-refractivity contribution in [2.75, 3.05) is 0 Å². The van der Waals surface area contributed by atoms with Crippen molar-refractivity contribution in [3.8, 4) is 11.4 Å². The molecule has 4 rings (SSSR count). The van der Waals surface area contributed by atoms with Gasteiger partial charge in [-0.05, 0) is 25.0 Å². The molecule has 100 valence electrons. The van der Waals surface area contributed by atoms with Crippen LogP contribution in [0, 0.1) is 0 Å². The summed E-state index contributed by atoms with van der Waals surface area (Å²) >= 11 is 0. The van der Waals surface area contributed by atoms with Crippen LogP contribution in [0.1, 0.15) is 30.2 Å². The van der Waals surface area contributed by atoms with Crippen molar-refractivity contribution in [1.29, 1.82) is 0 Å². The highest BCUT2D eigenvalue weighted by atomic mass is 16.5. The van der Waals surface area contributed by atoms with Crippen LogP contribution in [0.25, 0.3) is 11.4 Å². The monoisotopic (exact) mass is 266 g/mol. The lowest BCUT2D eigenvalue weighted by atomic mass is 10.2. The fraction of sp³-hybridized carbons (Fsp3) is 0.267. The largest absolute Gasteiger partial charge is 0.361 e. The highest BCUT2D eigenvalue weighted by Crippen LogP contribution is 2.40. The zero-order valence-electron chi connectivity index (χ0n) is 10.9. The lowest BCUT2D eigenvalue weighted by Gasteiger charge is -2.05. The Balaban J connectivity index is 1.61. The maximum Gasteiger partial charge on any atom is 0.140 e. The number of hydrogen-bond acceptors (Lipinski definition) is 4. The molecule has 1 saturated carbocycles. The first-order valence-corrected chi connectivity index (χ1v) is 6.77. The van der Waals surface area contributed by atoms with Crippen LogP contribution in [-0.2, 0) is 6.54 Å². The van der Waals surface area contributed by atoms with E-state index in [-0.39, 0.29) is 0 Å². The molecule has 1 aliphatic carbocycles. The Bertz CT molecular complexity index is 712. The summed E-state index contributed by atoms with van der Waals surface area (Å²) in [4.78, 5) is 8.45. The minimum Gasteiger partial charge on any atom is -0.361 e. The van der Waals surface area contributed by atoms with Gasteiger partial charge in [-0.15, -0.1) is 0 Å². The van der Waals surface area contributed by atoms with Gasteiger partial charge < -0.3 is 9.09 Å². The average Bonchev–Trinajstić information content (AvgIpc) is 3.06. The van der Waals surface area contributed by atoms with Crippen molar-refractivity contribution in [3.63, 3.8) is 0 Å². The first-order chi connectivity index (χ1) is 9.90. The molecule has 0 spiro atoms. The van der Waals surface area contributed by atoms with Gasteiger partial charge in [0.1, 0.15) is 17.3 Å². The van der Waals surface area contributed by atoms with E-state index in [1.807, 2.05) is 18.3 Å². The summed E-state index contributed by atoms with van der Waals surface area (Å²) in [5.74, 6) is 2.53. The molecule has 3 heterocycles. The molecule has 5 heteroatoms.